The van der Waals surface area contributed by atoms with E-state index in [0.29, 0.717) is 22.5 Å². The topological polar surface area (TPSA) is 110 Å². The molecule has 0 saturated heterocycles. The predicted molar refractivity (Wildman–Crippen MR) is 123 cm³/mol. The smallest absolute Gasteiger partial charge is 0.247 e. The molecule has 1 heterocycles. The van der Waals surface area contributed by atoms with Gasteiger partial charge in [-0.05, 0) is 42.3 Å². The third-order valence-corrected chi connectivity index (χ3v) is 6.82. The average Bonchev–Trinajstić information content (AvgIpc) is 3.27. The van der Waals surface area contributed by atoms with Crippen LogP contribution in [0.4, 0.5) is 5.69 Å². The predicted octanol–water partition coefficient (Wildman–Crippen LogP) is 3.67. The number of aryl methyl sites for hydroxylation is 1. The fourth-order valence-electron chi connectivity index (χ4n) is 3.26. The summed E-state index contributed by atoms with van der Waals surface area (Å²) in [6, 6.07) is 17.5. The molecule has 0 aliphatic rings. The molecule has 3 aromatic carbocycles. The fraction of sp³-hybridized carbons (Fsp3) is 0.136. The van der Waals surface area contributed by atoms with Crippen LogP contribution in [-0.2, 0) is 14.8 Å². The van der Waals surface area contributed by atoms with Crippen molar-refractivity contribution in [3.05, 3.63) is 77.9 Å². The summed E-state index contributed by atoms with van der Waals surface area (Å²) in [5, 5.41) is 2.79. The van der Waals surface area contributed by atoms with Gasteiger partial charge in [0.05, 0.1) is 24.5 Å². The molecule has 1 aromatic heterocycles. The molecule has 0 aliphatic heterocycles. The van der Waals surface area contributed by atoms with Crippen LogP contribution >= 0.6 is 11.7 Å². The number of benzene rings is 3. The van der Waals surface area contributed by atoms with Crippen LogP contribution in [0.1, 0.15) is 17.2 Å². The van der Waals surface area contributed by atoms with Crippen LogP contribution in [-0.4, -0.2) is 30.2 Å². The van der Waals surface area contributed by atoms with Crippen LogP contribution in [0.2, 0.25) is 0 Å². The molecule has 0 bridgehead atoms. The molecule has 8 nitrogen and oxygen atoms in total. The van der Waals surface area contributed by atoms with Gasteiger partial charge in [-0.15, -0.1) is 0 Å². The molecule has 4 rings (SSSR count). The van der Waals surface area contributed by atoms with Crippen molar-refractivity contribution in [2.45, 2.75) is 17.9 Å². The maximum atomic E-state index is 13.3. The first-order chi connectivity index (χ1) is 15.4. The van der Waals surface area contributed by atoms with E-state index in [-0.39, 0.29) is 10.4 Å². The molecule has 1 amide bonds. The van der Waals surface area contributed by atoms with Gasteiger partial charge >= 0.3 is 0 Å². The lowest BCUT2D eigenvalue weighted by Gasteiger charge is -2.20. The number of carbonyl (C=O) groups excluding carboxylic acids is 1. The van der Waals surface area contributed by atoms with Crippen molar-refractivity contribution < 1.29 is 17.9 Å². The van der Waals surface area contributed by atoms with Crippen LogP contribution < -0.4 is 14.8 Å². The van der Waals surface area contributed by atoms with E-state index >= 15 is 0 Å². The first-order valence-electron chi connectivity index (χ1n) is 9.63. The van der Waals surface area contributed by atoms with E-state index in [4.69, 9.17) is 4.74 Å². The lowest BCUT2D eigenvalue weighted by Crippen LogP contribution is -2.37. The highest BCUT2D eigenvalue weighted by Crippen LogP contribution is 2.28. The van der Waals surface area contributed by atoms with E-state index in [1.807, 2.05) is 13.0 Å². The first-order valence-corrected chi connectivity index (χ1v) is 11.8. The van der Waals surface area contributed by atoms with Crippen LogP contribution in [0.3, 0.4) is 0 Å². The van der Waals surface area contributed by atoms with Gasteiger partial charge in [0.2, 0.25) is 15.9 Å². The molecule has 10 heteroatoms. The largest absolute Gasteiger partial charge is 0.495 e. The quantitative estimate of drug-likeness (QED) is 0.428. The summed E-state index contributed by atoms with van der Waals surface area (Å²) >= 11 is 0.927. The SMILES string of the molecule is COc1ccc(C)cc1NC(=O)C(NS(=O)(=O)c1cccc2nsnc12)c1ccccc1. The number of aromatic nitrogens is 2. The van der Waals surface area contributed by atoms with Gasteiger partial charge in [-0.1, -0.05) is 42.5 Å². The molecule has 0 radical (unpaired) electrons. The van der Waals surface area contributed by atoms with E-state index in [9.17, 15) is 13.2 Å². The number of rotatable bonds is 7. The Hall–Kier alpha value is -3.34. The number of hydrogen-bond donors (Lipinski definition) is 2. The Kier molecular flexibility index (Phi) is 6.17. The summed E-state index contributed by atoms with van der Waals surface area (Å²) in [4.78, 5) is 13.3. The standard InChI is InChI=1S/C22H20N4O4S2/c1-14-11-12-18(30-2)17(13-14)23-22(27)20(15-7-4-3-5-8-15)26-32(28,29)19-10-6-9-16-21(19)25-31-24-16/h3-13,20,26H,1-2H3,(H,23,27). The molecule has 0 fully saturated rings. The Morgan fingerprint density at radius 2 is 1.81 bits per heavy atom. The van der Waals surface area contributed by atoms with E-state index in [1.165, 1.54) is 13.2 Å². The Labute approximate surface area is 189 Å². The van der Waals surface area contributed by atoms with E-state index in [2.05, 4.69) is 18.8 Å². The zero-order valence-corrected chi connectivity index (χ0v) is 18.9. The summed E-state index contributed by atoms with van der Waals surface area (Å²) in [7, 11) is -2.60. The second-order valence-electron chi connectivity index (χ2n) is 7.05. The molecule has 4 aromatic rings. The summed E-state index contributed by atoms with van der Waals surface area (Å²) < 4.78 is 42.6. The maximum absolute atomic E-state index is 13.3. The number of sulfonamides is 1. The zero-order chi connectivity index (χ0) is 22.7. The third-order valence-electron chi connectivity index (χ3n) is 4.82. The summed E-state index contributed by atoms with van der Waals surface area (Å²) in [5.41, 5.74) is 2.59. The third kappa shape index (κ3) is 4.47. The highest BCUT2D eigenvalue weighted by Gasteiger charge is 2.29. The minimum Gasteiger partial charge on any atom is -0.495 e. The minimum atomic E-state index is -4.10. The van der Waals surface area contributed by atoms with Crippen molar-refractivity contribution in [3.8, 4) is 5.75 Å². The Morgan fingerprint density at radius 1 is 1.03 bits per heavy atom. The Bertz CT molecular complexity index is 1370. The van der Waals surface area contributed by atoms with Crippen molar-refractivity contribution in [1.82, 2.24) is 13.5 Å². The molecule has 0 saturated carbocycles. The molecule has 0 spiro atoms. The van der Waals surface area contributed by atoms with Crippen molar-refractivity contribution in [2.24, 2.45) is 0 Å². The van der Waals surface area contributed by atoms with Crippen LogP contribution in [0, 0.1) is 6.92 Å². The van der Waals surface area contributed by atoms with Gasteiger partial charge in [-0.3, -0.25) is 4.79 Å². The summed E-state index contributed by atoms with van der Waals surface area (Å²) in [6.45, 7) is 1.88. The van der Waals surface area contributed by atoms with Crippen LogP contribution in [0.15, 0.2) is 71.6 Å². The second-order valence-corrected chi connectivity index (χ2v) is 9.26. The highest BCUT2D eigenvalue weighted by atomic mass is 32.2. The number of nitrogens with zero attached hydrogens (tertiary/aromatic N) is 2. The molecule has 2 N–H and O–H groups in total. The fourth-order valence-corrected chi connectivity index (χ4v) is 5.21. The average molecular weight is 469 g/mol. The molecule has 164 valence electrons. The van der Waals surface area contributed by atoms with Crippen molar-refractivity contribution in [2.75, 3.05) is 12.4 Å². The monoisotopic (exact) mass is 468 g/mol. The minimum absolute atomic E-state index is 0.0365. The van der Waals surface area contributed by atoms with Gasteiger partial charge in [-0.2, -0.15) is 13.5 Å². The zero-order valence-electron chi connectivity index (χ0n) is 17.3. The molecular weight excluding hydrogens is 448 g/mol. The lowest BCUT2D eigenvalue weighted by atomic mass is 10.1. The number of hydrogen-bond acceptors (Lipinski definition) is 7. The number of fused-ring (bicyclic) bond motifs is 1. The number of methoxy groups -OCH3 is 1. The summed E-state index contributed by atoms with van der Waals surface area (Å²) in [6.07, 6.45) is 0. The Morgan fingerprint density at radius 3 is 2.56 bits per heavy atom. The Balaban J connectivity index is 1.71. The summed E-state index contributed by atoms with van der Waals surface area (Å²) in [5.74, 6) is -0.0795. The normalized spacial score (nSPS) is 12.4. The van der Waals surface area contributed by atoms with Crippen molar-refractivity contribution in [1.29, 1.82) is 0 Å². The van der Waals surface area contributed by atoms with Crippen LogP contribution in [0.25, 0.3) is 11.0 Å². The first kappa shape index (κ1) is 21.9. The maximum Gasteiger partial charge on any atom is 0.247 e. The van der Waals surface area contributed by atoms with Crippen LogP contribution in [0.5, 0.6) is 5.75 Å². The van der Waals surface area contributed by atoms with Gasteiger partial charge in [0.15, 0.2) is 0 Å². The van der Waals surface area contributed by atoms with Gasteiger partial charge in [0, 0.05) is 0 Å². The van der Waals surface area contributed by atoms with Crippen molar-refractivity contribution >= 4 is 44.4 Å². The van der Waals surface area contributed by atoms with Gasteiger partial charge in [-0.25, -0.2) is 8.42 Å². The molecule has 0 aliphatic carbocycles. The lowest BCUT2D eigenvalue weighted by molar-refractivity contribution is -0.117. The molecule has 1 atom stereocenters. The second kappa shape index (κ2) is 9.03. The number of anilines is 1. The number of carbonyl (C=O) groups is 1. The van der Waals surface area contributed by atoms with E-state index in [0.717, 1.165) is 17.3 Å². The van der Waals surface area contributed by atoms with Gasteiger partial charge in [0.1, 0.15) is 27.7 Å². The molecule has 1 unspecified atom stereocenters. The van der Waals surface area contributed by atoms with E-state index in [1.54, 1.807) is 54.6 Å². The highest BCUT2D eigenvalue weighted by molar-refractivity contribution is 7.89. The van der Waals surface area contributed by atoms with Gasteiger partial charge < -0.3 is 10.1 Å². The van der Waals surface area contributed by atoms with Gasteiger partial charge in [0.25, 0.3) is 0 Å². The van der Waals surface area contributed by atoms with Crippen molar-refractivity contribution in [3.63, 3.8) is 0 Å². The van der Waals surface area contributed by atoms with E-state index < -0.39 is 22.0 Å². The molecule has 32 heavy (non-hydrogen) atoms. The number of amides is 1. The molecular formula is C22H20N4O4S2. The number of nitrogens with one attached hydrogen (secondary N) is 2. The number of ether oxygens (including phenoxy) is 1.